The molecule has 0 radical (unpaired) electrons. The van der Waals surface area contributed by atoms with Crippen molar-refractivity contribution in [3.8, 4) is 0 Å². The van der Waals surface area contributed by atoms with Crippen LogP contribution in [0.2, 0.25) is 0 Å². The van der Waals surface area contributed by atoms with Gasteiger partial charge < -0.3 is 15.8 Å². The van der Waals surface area contributed by atoms with E-state index < -0.39 is 11.7 Å². The molecule has 22 heavy (non-hydrogen) atoms. The number of hydrogen-bond donors (Lipinski definition) is 2. The first-order chi connectivity index (χ1) is 10.4. The number of halogens is 3. The van der Waals surface area contributed by atoms with E-state index in [0.29, 0.717) is 18.7 Å². The van der Waals surface area contributed by atoms with Crippen molar-refractivity contribution in [1.82, 2.24) is 5.32 Å². The van der Waals surface area contributed by atoms with Crippen molar-refractivity contribution < 1.29 is 17.9 Å². The van der Waals surface area contributed by atoms with Crippen LogP contribution in [0.1, 0.15) is 17.5 Å². The summed E-state index contributed by atoms with van der Waals surface area (Å²) in [6.45, 7) is 1.91. The zero-order valence-corrected chi connectivity index (χ0v) is 12.0. The lowest BCUT2D eigenvalue weighted by Gasteiger charge is -2.14. The van der Waals surface area contributed by atoms with Crippen molar-refractivity contribution >= 4 is 5.96 Å². The van der Waals surface area contributed by atoms with Gasteiger partial charge in [0.15, 0.2) is 5.96 Å². The lowest BCUT2D eigenvalue weighted by molar-refractivity contribution is -0.137. The zero-order valence-electron chi connectivity index (χ0n) is 12.0. The molecule has 1 aliphatic rings. The minimum atomic E-state index is -4.35. The number of guanidine groups is 1. The molecule has 0 spiro atoms. The molecule has 2 rings (SSSR count). The van der Waals surface area contributed by atoms with E-state index >= 15 is 0 Å². The van der Waals surface area contributed by atoms with E-state index in [0.717, 1.165) is 30.7 Å². The van der Waals surface area contributed by atoms with Gasteiger partial charge in [0.05, 0.1) is 25.3 Å². The predicted molar refractivity (Wildman–Crippen MR) is 78.3 cm³/mol. The SMILES string of the molecule is NC(=NCc1cccc(C(F)(F)F)c1)NCC1=CCCOC1. The largest absolute Gasteiger partial charge is 0.416 e. The second kappa shape index (κ2) is 7.31. The molecule has 1 aromatic carbocycles. The summed E-state index contributed by atoms with van der Waals surface area (Å²) in [5, 5.41) is 2.92. The molecule has 0 unspecified atom stereocenters. The molecule has 0 saturated carbocycles. The molecule has 3 N–H and O–H groups in total. The van der Waals surface area contributed by atoms with E-state index in [-0.39, 0.29) is 12.5 Å². The smallest absolute Gasteiger partial charge is 0.377 e. The first kappa shape index (κ1) is 16.4. The monoisotopic (exact) mass is 313 g/mol. The Hall–Kier alpha value is -2.02. The Bertz CT molecular complexity index is 567. The molecule has 4 nitrogen and oxygen atoms in total. The van der Waals surface area contributed by atoms with E-state index in [9.17, 15) is 13.2 Å². The number of hydrogen-bond acceptors (Lipinski definition) is 2. The van der Waals surface area contributed by atoms with Crippen LogP contribution in [-0.2, 0) is 17.5 Å². The van der Waals surface area contributed by atoms with E-state index in [1.807, 2.05) is 0 Å². The Morgan fingerprint density at radius 3 is 2.86 bits per heavy atom. The maximum absolute atomic E-state index is 12.6. The van der Waals surface area contributed by atoms with Gasteiger partial charge in [0.25, 0.3) is 0 Å². The van der Waals surface area contributed by atoms with Crippen LogP contribution in [0.4, 0.5) is 13.2 Å². The summed E-state index contributed by atoms with van der Waals surface area (Å²) >= 11 is 0. The highest BCUT2D eigenvalue weighted by Gasteiger charge is 2.30. The van der Waals surface area contributed by atoms with E-state index in [4.69, 9.17) is 10.5 Å². The van der Waals surface area contributed by atoms with Crippen molar-refractivity contribution in [2.24, 2.45) is 10.7 Å². The lowest BCUT2D eigenvalue weighted by atomic mass is 10.1. The quantitative estimate of drug-likeness (QED) is 0.510. The van der Waals surface area contributed by atoms with Crippen LogP contribution < -0.4 is 11.1 Å². The number of aliphatic imine (C=N–C) groups is 1. The standard InChI is InChI=1S/C15H18F3N3O/c16-15(17,18)13-5-1-3-11(7-13)8-20-14(19)21-9-12-4-2-6-22-10-12/h1,3-5,7H,2,6,8-10H2,(H3,19,20,21). The molecule has 0 bridgehead atoms. The molecule has 0 fully saturated rings. The predicted octanol–water partition coefficient (Wildman–Crippen LogP) is 2.46. The maximum atomic E-state index is 12.6. The number of nitrogens with two attached hydrogens (primary N) is 1. The minimum Gasteiger partial charge on any atom is -0.377 e. The molecule has 120 valence electrons. The molecule has 0 atom stereocenters. The Kier molecular flexibility index (Phi) is 5.43. The van der Waals surface area contributed by atoms with Gasteiger partial charge in [-0.1, -0.05) is 18.2 Å². The van der Waals surface area contributed by atoms with Gasteiger partial charge in [-0.25, -0.2) is 4.99 Å². The van der Waals surface area contributed by atoms with Gasteiger partial charge in [0.1, 0.15) is 0 Å². The van der Waals surface area contributed by atoms with Gasteiger partial charge in [-0.05, 0) is 29.7 Å². The molecule has 0 aromatic heterocycles. The molecule has 1 aliphatic heterocycles. The van der Waals surface area contributed by atoms with Crippen LogP contribution in [-0.4, -0.2) is 25.7 Å². The number of rotatable bonds is 4. The normalized spacial score (nSPS) is 16.3. The Balaban J connectivity index is 1.89. The number of nitrogens with zero attached hydrogens (tertiary/aromatic N) is 1. The van der Waals surface area contributed by atoms with Crippen LogP contribution in [0.25, 0.3) is 0 Å². The van der Waals surface area contributed by atoms with Crippen molar-refractivity contribution in [2.45, 2.75) is 19.1 Å². The summed E-state index contributed by atoms with van der Waals surface area (Å²) in [5.41, 5.74) is 6.57. The zero-order chi connectivity index (χ0) is 16.0. The Morgan fingerprint density at radius 2 is 2.18 bits per heavy atom. The molecule has 0 aliphatic carbocycles. The van der Waals surface area contributed by atoms with Crippen LogP contribution in [0, 0.1) is 0 Å². The third-order valence-corrected chi connectivity index (χ3v) is 3.17. The number of benzene rings is 1. The third-order valence-electron chi connectivity index (χ3n) is 3.17. The average Bonchev–Trinajstić information content (AvgIpc) is 2.51. The van der Waals surface area contributed by atoms with Crippen molar-refractivity contribution in [1.29, 1.82) is 0 Å². The molecule has 7 heteroatoms. The Morgan fingerprint density at radius 1 is 1.36 bits per heavy atom. The summed E-state index contributed by atoms with van der Waals surface area (Å²) in [7, 11) is 0. The summed E-state index contributed by atoms with van der Waals surface area (Å²) < 4.78 is 43.1. The summed E-state index contributed by atoms with van der Waals surface area (Å²) in [5.74, 6) is 0.198. The summed E-state index contributed by atoms with van der Waals surface area (Å²) in [6, 6.07) is 5.06. The molecule has 1 aromatic rings. The molecule has 0 saturated heterocycles. The minimum absolute atomic E-state index is 0.0955. The molecular formula is C15H18F3N3O. The fourth-order valence-electron chi connectivity index (χ4n) is 2.01. The average molecular weight is 313 g/mol. The van der Waals surface area contributed by atoms with Crippen molar-refractivity contribution in [3.63, 3.8) is 0 Å². The number of ether oxygens (including phenoxy) is 1. The highest BCUT2D eigenvalue weighted by Crippen LogP contribution is 2.29. The molecular weight excluding hydrogens is 295 g/mol. The summed E-state index contributed by atoms with van der Waals surface area (Å²) in [6.07, 6.45) is -1.40. The van der Waals surface area contributed by atoms with Gasteiger partial charge in [-0.3, -0.25) is 0 Å². The van der Waals surface area contributed by atoms with Crippen LogP contribution in [0.3, 0.4) is 0 Å². The fourth-order valence-corrected chi connectivity index (χ4v) is 2.01. The third kappa shape index (κ3) is 5.07. The molecule has 0 amide bonds. The van der Waals surface area contributed by atoms with Gasteiger partial charge >= 0.3 is 6.18 Å². The number of nitrogens with one attached hydrogen (secondary N) is 1. The summed E-state index contributed by atoms with van der Waals surface area (Å²) in [4.78, 5) is 4.05. The lowest BCUT2D eigenvalue weighted by Crippen LogP contribution is -2.34. The number of alkyl halides is 3. The van der Waals surface area contributed by atoms with E-state index in [2.05, 4.69) is 16.4 Å². The fraction of sp³-hybridized carbons (Fsp3) is 0.400. The Labute approximate surface area is 126 Å². The van der Waals surface area contributed by atoms with E-state index in [1.54, 1.807) is 6.07 Å². The first-order valence-electron chi connectivity index (χ1n) is 6.91. The van der Waals surface area contributed by atoms with Crippen molar-refractivity contribution in [2.75, 3.05) is 19.8 Å². The maximum Gasteiger partial charge on any atom is 0.416 e. The van der Waals surface area contributed by atoms with Gasteiger partial charge in [-0.2, -0.15) is 13.2 Å². The van der Waals surface area contributed by atoms with Crippen LogP contribution in [0.15, 0.2) is 40.9 Å². The molecule has 1 heterocycles. The van der Waals surface area contributed by atoms with Crippen LogP contribution in [0.5, 0.6) is 0 Å². The highest BCUT2D eigenvalue weighted by atomic mass is 19.4. The topological polar surface area (TPSA) is 59.6 Å². The van der Waals surface area contributed by atoms with Gasteiger partial charge in [-0.15, -0.1) is 0 Å². The van der Waals surface area contributed by atoms with E-state index in [1.165, 1.54) is 6.07 Å². The first-order valence-corrected chi connectivity index (χ1v) is 6.91. The van der Waals surface area contributed by atoms with Gasteiger partial charge in [0, 0.05) is 6.54 Å². The van der Waals surface area contributed by atoms with Crippen LogP contribution >= 0.6 is 0 Å². The van der Waals surface area contributed by atoms with Crippen molar-refractivity contribution in [3.05, 3.63) is 47.0 Å². The van der Waals surface area contributed by atoms with Gasteiger partial charge in [0.2, 0.25) is 0 Å². The highest BCUT2D eigenvalue weighted by molar-refractivity contribution is 5.78. The second-order valence-electron chi connectivity index (χ2n) is 4.96. The second-order valence-corrected chi connectivity index (χ2v) is 4.96.